The van der Waals surface area contributed by atoms with Gasteiger partial charge >= 0.3 is 0 Å². The van der Waals surface area contributed by atoms with E-state index in [1.54, 1.807) is 0 Å². The average Bonchev–Trinajstić information content (AvgIpc) is 2.02. The molecule has 0 aromatic heterocycles. The van der Waals surface area contributed by atoms with Crippen LogP contribution in [0.3, 0.4) is 0 Å². The van der Waals surface area contributed by atoms with E-state index in [2.05, 4.69) is 24.9 Å². The largest absolute Gasteiger partial charge is 0.399 e. The van der Waals surface area contributed by atoms with Gasteiger partial charge in [0.15, 0.2) is 0 Å². The summed E-state index contributed by atoms with van der Waals surface area (Å²) in [5.41, 5.74) is 9.17. The van der Waals surface area contributed by atoms with Crippen molar-refractivity contribution in [3.05, 3.63) is 29.3 Å². The van der Waals surface area contributed by atoms with Gasteiger partial charge in [0.05, 0.1) is 0 Å². The molecule has 0 radical (unpaired) electrons. The van der Waals surface area contributed by atoms with Crippen LogP contribution in [0.1, 0.15) is 25.0 Å². The average molecular weight is 174 g/mol. The molecule has 0 aliphatic carbocycles. The molecule has 0 unspecified atom stereocenters. The fourth-order valence-electron chi connectivity index (χ4n) is 1.76. The minimum Gasteiger partial charge on any atom is -0.399 e. The first-order valence-electron chi connectivity index (χ1n) is 4.49. The van der Waals surface area contributed by atoms with E-state index < -0.39 is 0 Å². The lowest BCUT2D eigenvalue weighted by Crippen LogP contribution is -2.26. The van der Waals surface area contributed by atoms with Gasteiger partial charge < -0.3 is 5.73 Å². The zero-order valence-electron chi connectivity index (χ0n) is 8.04. The van der Waals surface area contributed by atoms with Crippen molar-refractivity contribution in [3.63, 3.8) is 0 Å². The van der Waals surface area contributed by atoms with Crippen LogP contribution in [0.25, 0.3) is 0 Å². The quantitative estimate of drug-likeness (QED) is 0.600. The van der Waals surface area contributed by atoms with Gasteiger partial charge in [0.1, 0.15) is 0 Å². The molecule has 0 fully saturated rings. The van der Waals surface area contributed by atoms with Crippen LogP contribution < -0.4 is 5.73 Å². The lowest BCUT2D eigenvalue weighted by atomic mass is 9.80. The van der Waals surface area contributed by atoms with E-state index in [0.29, 0.717) is 0 Å². The molecule has 68 valence electrons. The zero-order valence-corrected chi connectivity index (χ0v) is 8.04. The van der Waals surface area contributed by atoms with Gasteiger partial charge in [0, 0.05) is 23.9 Å². The number of fused-ring (bicyclic) bond motifs is 1. The Morgan fingerprint density at radius 2 is 2.15 bits per heavy atom. The molecule has 2 heteroatoms. The van der Waals surface area contributed by atoms with Gasteiger partial charge in [0.25, 0.3) is 0 Å². The molecular formula is C11H14N2. The number of hydrogen-bond donors (Lipinski definition) is 1. The molecule has 0 atom stereocenters. The van der Waals surface area contributed by atoms with Crippen LogP contribution in [0.5, 0.6) is 0 Å². The van der Waals surface area contributed by atoms with Crippen molar-refractivity contribution in [2.45, 2.75) is 19.3 Å². The van der Waals surface area contributed by atoms with Crippen molar-refractivity contribution >= 4 is 11.9 Å². The summed E-state index contributed by atoms with van der Waals surface area (Å²) >= 11 is 0. The molecule has 0 saturated heterocycles. The number of benzene rings is 1. The minimum absolute atomic E-state index is 0.151. The first-order chi connectivity index (χ1) is 6.09. The lowest BCUT2D eigenvalue weighted by Gasteiger charge is -2.28. The molecule has 13 heavy (non-hydrogen) atoms. The fourth-order valence-corrected chi connectivity index (χ4v) is 1.76. The second-order valence-electron chi connectivity index (χ2n) is 4.20. The van der Waals surface area contributed by atoms with Crippen molar-refractivity contribution in [1.29, 1.82) is 0 Å². The Balaban J connectivity index is 2.61. The number of nitrogen functional groups attached to an aromatic ring is 1. The molecular weight excluding hydrogens is 160 g/mol. The molecule has 1 aromatic carbocycles. The Bertz CT molecular complexity index is 364. The summed E-state index contributed by atoms with van der Waals surface area (Å²) in [6.07, 6.45) is 1.91. The minimum atomic E-state index is 0.151. The second kappa shape index (κ2) is 2.59. The number of anilines is 1. The van der Waals surface area contributed by atoms with E-state index in [1.807, 2.05) is 18.3 Å². The van der Waals surface area contributed by atoms with Crippen LogP contribution in [0, 0.1) is 0 Å². The van der Waals surface area contributed by atoms with Gasteiger partial charge in [-0.25, -0.2) is 0 Å². The normalized spacial score (nSPS) is 18.3. The Hall–Kier alpha value is -1.31. The summed E-state index contributed by atoms with van der Waals surface area (Å²) in [5, 5.41) is 0. The fraction of sp³-hybridized carbons (Fsp3) is 0.364. The second-order valence-corrected chi connectivity index (χ2v) is 4.20. The number of nitrogens with two attached hydrogens (primary N) is 1. The van der Waals surface area contributed by atoms with Crippen molar-refractivity contribution in [3.8, 4) is 0 Å². The third-order valence-corrected chi connectivity index (χ3v) is 2.52. The van der Waals surface area contributed by atoms with Crippen LogP contribution >= 0.6 is 0 Å². The van der Waals surface area contributed by atoms with Crippen LogP contribution in [-0.2, 0) is 5.41 Å². The highest BCUT2D eigenvalue weighted by atomic mass is 14.7. The van der Waals surface area contributed by atoms with Crippen molar-refractivity contribution in [2.75, 3.05) is 12.3 Å². The summed E-state index contributed by atoms with van der Waals surface area (Å²) in [5.74, 6) is 0. The van der Waals surface area contributed by atoms with Crippen LogP contribution in [0.15, 0.2) is 23.2 Å². The van der Waals surface area contributed by atoms with Crippen LogP contribution in [0.4, 0.5) is 5.69 Å². The molecule has 1 aliphatic heterocycles. The summed E-state index contributed by atoms with van der Waals surface area (Å²) in [4.78, 5) is 4.33. The van der Waals surface area contributed by atoms with E-state index >= 15 is 0 Å². The Morgan fingerprint density at radius 1 is 1.38 bits per heavy atom. The van der Waals surface area contributed by atoms with Crippen molar-refractivity contribution in [2.24, 2.45) is 4.99 Å². The highest BCUT2D eigenvalue weighted by molar-refractivity contribution is 5.85. The zero-order chi connectivity index (χ0) is 9.47. The maximum absolute atomic E-state index is 5.71. The molecule has 2 nitrogen and oxygen atoms in total. The van der Waals surface area contributed by atoms with E-state index in [4.69, 9.17) is 5.73 Å². The number of hydrogen-bond acceptors (Lipinski definition) is 2. The molecule has 0 bridgehead atoms. The Labute approximate surface area is 78.5 Å². The molecule has 0 spiro atoms. The molecule has 1 aromatic rings. The van der Waals surface area contributed by atoms with Crippen LogP contribution in [-0.4, -0.2) is 12.8 Å². The highest BCUT2D eigenvalue weighted by Crippen LogP contribution is 2.30. The third kappa shape index (κ3) is 1.32. The Morgan fingerprint density at radius 3 is 2.92 bits per heavy atom. The first kappa shape index (κ1) is 8.30. The van der Waals surface area contributed by atoms with Crippen LogP contribution in [0.2, 0.25) is 0 Å². The molecule has 0 saturated carbocycles. The van der Waals surface area contributed by atoms with Gasteiger partial charge in [0.2, 0.25) is 0 Å². The SMILES string of the molecule is CC1(C)CN=Cc2cc(N)ccc21. The van der Waals surface area contributed by atoms with Gasteiger partial charge in [-0.1, -0.05) is 19.9 Å². The number of nitrogens with zero attached hydrogens (tertiary/aromatic N) is 1. The van der Waals surface area contributed by atoms with Gasteiger partial charge in [-0.05, 0) is 23.3 Å². The predicted molar refractivity (Wildman–Crippen MR) is 56.3 cm³/mol. The van der Waals surface area contributed by atoms with E-state index in [0.717, 1.165) is 17.8 Å². The number of rotatable bonds is 0. The van der Waals surface area contributed by atoms with Crippen molar-refractivity contribution in [1.82, 2.24) is 0 Å². The molecule has 1 aliphatic rings. The molecule has 1 heterocycles. The smallest absolute Gasteiger partial charge is 0.0481 e. The summed E-state index contributed by atoms with van der Waals surface area (Å²) in [6, 6.07) is 6.05. The highest BCUT2D eigenvalue weighted by Gasteiger charge is 2.25. The summed E-state index contributed by atoms with van der Waals surface area (Å²) in [6.45, 7) is 5.28. The van der Waals surface area contributed by atoms with E-state index in [9.17, 15) is 0 Å². The monoisotopic (exact) mass is 174 g/mol. The predicted octanol–water partition coefficient (Wildman–Crippen LogP) is 1.98. The molecule has 0 amide bonds. The standard InChI is InChI=1S/C11H14N2/c1-11(2)7-13-6-8-5-9(12)3-4-10(8)11/h3-6H,7,12H2,1-2H3. The van der Waals surface area contributed by atoms with Gasteiger partial charge in [-0.15, -0.1) is 0 Å². The topological polar surface area (TPSA) is 38.4 Å². The number of aliphatic imine (C=N–C) groups is 1. The summed E-state index contributed by atoms with van der Waals surface area (Å²) in [7, 11) is 0. The maximum Gasteiger partial charge on any atom is 0.0481 e. The van der Waals surface area contributed by atoms with Crippen molar-refractivity contribution < 1.29 is 0 Å². The Kier molecular flexibility index (Phi) is 1.65. The van der Waals surface area contributed by atoms with Gasteiger partial charge in [-0.3, -0.25) is 4.99 Å². The lowest BCUT2D eigenvalue weighted by molar-refractivity contribution is 0.534. The maximum atomic E-state index is 5.71. The third-order valence-electron chi connectivity index (χ3n) is 2.52. The van der Waals surface area contributed by atoms with Gasteiger partial charge in [-0.2, -0.15) is 0 Å². The summed E-state index contributed by atoms with van der Waals surface area (Å²) < 4.78 is 0. The molecule has 2 rings (SSSR count). The molecule has 2 N–H and O–H groups in total. The van der Waals surface area contributed by atoms with E-state index in [1.165, 1.54) is 5.56 Å². The first-order valence-corrected chi connectivity index (χ1v) is 4.49. The van der Waals surface area contributed by atoms with E-state index in [-0.39, 0.29) is 5.41 Å².